The van der Waals surface area contributed by atoms with E-state index < -0.39 is 0 Å². The minimum atomic E-state index is 0.745. The molecule has 18 heavy (non-hydrogen) atoms. The topological polar surface area (TPSA) is 15.3 Å². The highest BCUT2D eigenvalue weighted by molar-refractivity contribution is 4.76. The SMILES string of the molecule is CCCNC(CC)CCCN1CCCCC1CC. The highest BCUT2D eigenvalue weighted by atomic mass is 15.2. The van der Waals surface area contributed by atoms with Crippen molar-refractivity contribution >= 4 is 0 Å². The molecule has 2 unspecified atom stereocenters. The van der Waals surface area contributed by atoms with E-state index in [0.717, 1.165) is 12.1 Å². The molecule has 1 aliphatic heterocycles. The van der Waals surface area contributed by atoms with Gasteiger partial charge in [0.05, 0.1) is 0 Å². The smallest absolute Gasteiger partial charge is 0.00926 e. The number of nitrogens with one attached hydrogen (secondary N) is 1. The third-order valence-electron chi connectivity index (χ3n) is 4.39. The third kappa shape index (κ3) is 5.71. The quantitative estimate of drug-likeness (QED) is 0.673. The Labute approximate surface area is 115 Å². The van der Waals surface area contributed by atoms with Crippen molar-refractivity contribution in [3.05, 3.63) is 0 Å². The fourth-order valence-corrected chi connectivity index (χ4v) is 3.16. The third-order valence-corrected chi connectivity index (χ3v) is 4.39. The molecule has 0 aromatic heterocycles. The van der Waals surface area contributed by atoms with Crippen LogP contribution in [0.25, 0.3) is 0 Å². The predicted molar refractivity (Wildman–Crippen MR) is 81.1 cm³/mol. The standard InChI is InChI=1S/C16H34N2/c1-4-12-17-15(5-2)10-9-14-18-13-8-7-11-16(18)6-3/h15-17H,4-14H2,1-3H3. The zero-order valence-electron chi connectivity index (χ0n) is 12.9. The minimum Gasteiger partial charge on any atom is -0.314 e. The first kappa shape index (κ1) is 16.0. The van der Waals surface area contributed by atoms with Gasteiger partial charge < -0.3 is 10.2 Å². The van der Waals surface area contributed by atoms with Crippen molar-refractivity contribution in [2.24, 2.45) is 0 Å². The molecule has 0 spiro atoms. The molecule has 0 amide bonds. The van der Waals surface area contributed by atoms with Crippen molar-refractivity contribution in [3.63, 3.8) is 0 Å². The Bertz CT molecular complexity index is 194. The largest absolute Gasteiger partial charge is 0.314 e. The lowest BCUT2D eigenvalue weighted by Crippen LogP contribution is -2.40. The van der Waals surface area contributed by atoms with Gasteiger partial charge >= 0.3 is 0 Å². The summed E-state index contributed by atoms with van der Waals surface area (Å²) >= 11 is 0. The van der Waals surface area contributed by atoms with Crippen LogP contribution in [0.2, 0.25) is 0 Å². The fraction of sp³-hybridized carbons (Fsp3) is 1.00. The van der Waals surface area contributed by atoms with Gasteiger partial charge in [-0.15, -0.1) is 0 Å². The van der Waals surface area contributed by atoms with Crippen molar-refractivity contribution in [3.8, 4) is 0 Å². The number of piperidine rings is 1. The lowest BCUT2D eigenvalue weighted by atomic mass is 9.99. The normalized spacial score (nSPS) is 23.2. The Hall–Kier alpha value is -0.0800. The van der Waals surface area contributed by atoms with Gasteiger partial charge in [-0.2, -0.15) is 0 Å². The molecule has 1 N–H and O–H groups in total. The van der Waals surface area contributed by atoms with E-state index >= 15 is 0 Å². The monoisotopic (exact) mass is 254 g/mol. The van der Waals surface area contributed by atoms with Crippen molar-refractivity contribution in [2.45, 2.75) is 84.2 Å². The van der Waals surface area contributed by atoms with Gasteiger partial charge in [0.15, 0.2) is 0 Å². The van der Waals surface area contributed by atoms with Crippen LogP contribution in [0.15, 0.2) is 0 Å². The van der Waals surface area contributed by atoms with Gasteiger partial charge in [-0.3, -0.25) is 0 Å². The number of hydrogen-bond acceptors (Lipinski definition) is 2. The van der Waals surface area contributed by atoms with E-state index in [-0.39, 0.29) is 0 Å². The molecule has 0 radical (unpaired) electrons. The Balaban J connectivity index is 2.18. The molecule has 0 bridgehead atoms. The first-order valence-electron chi connectivity index (χ1n) is 8.29. The van der Waals surface area contributed by atoms with E-state index in [1.165, 1.54) is 71.0 Å². The highest BCUT2D eigenvalue weighted by Crippen LogP contribution is 2.20. The van der Waals surface area contributed by atoms with Crippen LogP contribution < -0.4 is 5.32 Å². The second-order valence-electron chi connectivity index (χ2n) is 5.80. The molecule has 1 heterocycles. The molecule has 0 aromatic carbocycles. The Kier molecular flexibility index (Phi) is 8.70. The van der Waals surface area contributed by atoms with E-state index in [1.807, 2.05) is 0 Å². The fourth-order valence-electron chi connectivity index (χ4n) is 3.16. The maximum absolute atomic E-state index is 3.66. The first-order valence-corrected chi connectivity index (χ1v) is 8.29. The van der Waals surface area contributed by atoms with Crippen LogP contribution in [0.4, 0.5) is 0 Å². The van der Waals surface area contributed by atoms with E-state index in [4.69, 9.17) is 0 Å². The molecule has 2 heteroatoms. The van der Waals surface area contributed by atoms with E-state index in [0.29, 0.717) is 0 Å². The summed E-state index contributed by atoms with van der Waals surface area (Å²) in [6.45, 7) is 10.8. The van der Waals surface area contributed by atoms with Crippen LogP contribution in [-0.4, -0.2) is 36.6 Å². The van der Waals surface area contributed by atoms with Gasteiger partial charge in [0, 0.05) is 12.1 Å². The summed E-state index contributed by atoms with van der Waals surface area (Å²) in [5, 5.41) is 3.66. The molecular weight excluding hydrogens is 220 g/mol. The summed E-state index contributed by atoms with van der Waals surface area (Å²) < 4.78 is 0. The van der Waals surface area contributed by atoms with Crippen LogP contribution in [0.5, 0.6) is 0 Å². The van der Waals surface area contributed by atoms with E-state index in [9.17, 15) is 0 Å². The highest BCUT2D eigenvalue weighted by Gasteiger charge is 2.20. The summed E-state index contributed by atoms with van der Waals surface area (Å²) in [4.78, 5) is 2.75. The molecule has 1 aliphatic rings. The summed E-state index contributed by atoms with van der Waals surface area (Å²) in [6, 6.07) is 1.62. The van der Waals surface area contributed by atoms with Crippen molar-refractivity contribution in [1.82, 2.24) is 10.2 Å². The molecule has 0 aliphatic carbocycles. The second-order valence-corrected chi connectivity index (χ2v) is 5.80. The van der Waals surface area contributed by atoms with Crippen LogP contribution >= 0.6 is 0 Å². The Morgan fingerprint density at radius 1 is 1.22 bits per heavy atom. The van der Waals surface area contributed by atoms with Crippen molar-refractivity contribution in [1.29, 1.82) is 0 Å². The Morgan fingerprint density at radius 2 is 2.06 bits per heavy atom. The zero-order chi connectivity index (χ0) is 13.2. The maximum atomic E-state index is 3.66. The summed E-state index contributed by atoms with van der Waals surface area (Å²) in [5.74, 6) is 0. The van der Waals surface area contributed by atoms with Crippen molar-refractivity contribution < 1.29 is 0 Å². The van der Waals surface area contributed by atoms with Gasteiger partial charge in [0.25, 0.3) is 0 Å². The lowest BCUT2D eigenvalue weighted by Gasteiger charge is -2.35. The van der Waals surface area contributed by atoms with Gasteiger partial charge in [-0.05, 0) is 64.6 Å². The molecule has 0 saturated carbocycles. The van der Waals surface area contributed by atoms with Gasteiger partial charge in [-0.1, -0.05) is 27.2 Å². The zero-order valence-corrected chi connectivity index (χ0v) is 12.9. The number of rotatable bonds is 9. The molecule has 1 rings (SSSR count). The van der Waals surface area contributed by atoms with Crippen LogP contribution in [-0.2, 0) is 0 Å². The van der Waals surface area contributed by atoms with Gasteiger partial charge in [-0.25, -0.2) is 0 Å². The number of nitrogens with zero attached hydrogens (tertiary/aromatic N) is 1. The lowest BCUT2D eigenvalue weighted by molar-refractivity contribution is 0.140. The average molecular weight is 254 g/mol. The van der Waals surface area contributed by atoms with Crippen molar-refractivity contribution in [2.75, 3.05) is 19.6 Å². The molecule has 1 fully saturated rings. The van der Waals surface area contributed by atoms with Crippen LogP contribution in [0.1, 0.15) is 72.1 Å². The predicted octanol–water partition coefficient (Wildman–Crippen LogP) is 3.81. The summed E-state index contributed by atoms with van der Waals surface area (Å²) in [5.41, 5.74) is 0. The van der Waals surface area contributed by atoms with Gasteiger partial charge in [0.2, 0.25) is 0 Å². The van der Waals surface area contributed by atoms with Crippen LogP contribution in [0, 0.1) is 0 Å². The average Bonchev–Trinajstić information content (AvgIpc) is 2.43. The summed E-state index contributed by atoms with van der Waals surface area (Å²) in [7, 11) is 0. The molecular formula is C16H34N2. The van der Waals surface area contributed by atoms with Gasteiger partial charge in [0.1, 0.15) is 0 Å². The molecule has 0 aromatic rings. The second kappa shape index (κ2) is 9.80. The van der Waals surface area contributed by atoms with E-state index in [2.05, 4.69) is 31.0 Å². The number of hydrogen-bond donors (Lipinski definition) is 1. The Morgan fingerprint density at radius 3 is 2.72 bits per heavy atom. The molecule has 1 saturated heterocycles. The number of likely N-dealkylation sites (tertiary alicyclic amines) is 1. The molecule has 2 nitrogen and oxygen atoms in total. The summed E-state index contributed by atoms with van der Waals surface area (Å²) in [6.07, 6.45) is 10.9. The first-order chi connectivity index (χ1) is 8.81. The molecule has 2 atom stereocenters. The maximum Gasteiger partial charge on any atom is 0.00926 e. The minimum absolute atomic E-state index is 0.745. The molecule has 108 valence electrons. The van der Waals surface area contributed by atoms with E-state index in [1.54, 1.807) is 0 Å². The van der Waals surface area contributed by atoms with Crippen LogP contribution in [0.3, 0.4) is 0 Å².